The molecule has 1 aliphatic carbocycles. The third kappa shape index (κ3) is 6.58. The maximum atomic E-state index is 12.6. The highest BCUT2D eigenvalue weighted by molar-refractivity contribution is 5.93. The number of H-pyrrole nitrogens is 1. The zero-order valence-electron chi connectivity index (χ0n) is 18.8. The maximum absolute atomic E-state index is 12.6. The lowest BCUT2D eigenvalue weighted by atomic mass is 10.1. The Kier molecular flexibility index (Phi) is 8.45. The van der Waals surface area contributed by atoms with Crippen LogP contribution in [-0.2, 0) is 17.8 Å². The maximum Gasteiger partial charge on any atom is 0.228 e. The normalized spacial score (nSPS) is 14.5. The number of halogens is 1. The molecular weight excluding hydrogens is 423 g/mol. The number of nitrogens with one attached hydrogen (secondary N) is 2. The Bertz CT molecular complexity index is 1060. The molecule has 0 radical (unpaired) electrons. The fourth-order valence-corrected chi connectivity index (χ4v) is 3.14. The number of rotatable bonds is 4. The van der Waals surface area contributed by atoms with Gasteiger partial charge in [-0.15, -0.1) is 0 Å². The van der Waals surface area contributed by atoms with Gasteiger partial charge in [-0.3, -0.25) is 9.78 Å². The van der Waals surface area contributed by atoms with E-state index in [0.29, 0.717) is 5.82 Å². The van der Waals surface area contributed by atoms with Crippen molar-refractivity contribution >= 4 is 23.6 Å². The zero-order valence-corrected chi connectivity index (χ0v) is 18.8. The molecule has 4 heterocycles. The van der Waals surface area contributed by atoms with Gasteiger partial charge in [0.15, 0.2) is 5.82 Å². The molecule has 1 fully saturated rings. The van der Waals surface area contributed by atoms with E-state index in [0.717, 1.165) is 49.6 Å². The topological polar surface area (TPSA) is 126 Å². The highest BCUT2D eigenvalue weighted by Crippen LogP contribution is 2.30. The summed E-state index contributed by atoms with van der Waals surface area (Å²) >= 11 is 0. The summed E-state index contributed by atoms with van der Waals surface area (Å²) in [6.45, 7) is 5.64. The molecule has 174 valence electrons. The van der Waals surface area contributed by atoms with E-state index in [9.17, 15) is 9.18 Å². The smallest absolute Gasteiger partial charge is 0.228 e. The minimum absolute atomic E-state index is 0.0529. The monoisotopic (exact) mass is 452 g/mol. The number of hydrogen-bond donors (Lipinski definition) is 3. The van der Waals surface area contributed by atoms with Crippen LogP contribution in [0.15, 0.2) is 43.3 Å². The predicted octanol–water partition coefficient (Wildman–Crippen LogP) is 3.29. The Morgan fingerprint density at radius 1 is 1.24 bits per heavy atom. The van der Waals surface area contributed by atoms with Gasteiger partial charge in [-0.05, 0) is 37.3 Å². The van der Waals surface area contributed by atoms with Crippen molar-refractivity contribution in [2.45, 2.75) is 39.7 Å². The second-order valence-corrected chi connectivity index (χ2v) is 7.25. The van der Waals surface area contributed by atoms with Gasteiger partial charge >= 0.3 is 0 Å². The number of nitrogens with zero attached hydrogens (tertiary/aromatic N) is 5. The molecule has 0 spiro atoms. The highest BCUT2D eigenvalue weighted by atomic mass is 19.1. The van der Waals surface area contributed by atoms with Crippen molar-refractivity contribution in [2.24, 2.45) is 11.7 Å². The number of anilines is 2. The van der Waals surface area contributed by atoms with E-state index in [4.69, 9.17) is 5.73 Å². The number of imidazole rings is 1. The first-order valence-corrected chi connectivity index (χ1v) is 11.0. The van der Waals surface area contributed by atoms with Crippen LogP contribution in [-0.4, -0.2) is 37.4 Å². The largest absolute Gasteiger partial charge is 0.405 e. The molecule has 5 rings (SSSR count). The molecule has 0 unspecified atom stereocenters. The van der Waals surface area contributed by atoms with Gasteiger partial charge in [0.2, 0.25) is 5.91 Å². The lowest BCUT2D eigenvalue weighted by Crippen LogP contribution is -2.31. The molecule has 1 aliphatic heterocycles. The van der Waals surface area contributed by atoms with Crippen LogP contribution in [0.4, 0.5) is 16.0 Å². The van der Waals surface area contributed by atoms with Gasteiger partial charge in [-0.25, -0.2) is 19.3 Å². The van der Waals surface area contributed by atoms with Gasteiger partial charge in [0.25, 0.3) is 0 Å². The van der Waals surface area contributed by atoms with E-state index in [1.807, 2.05) is 13.8 Å². The molecule has 9 nitrogen and oxygen atoms in total. The molecular formula is C23H29FN8O. The van der Waals surface area contributed by atoms with Crippen molar-refractivity contribution in [3.05, 3.63) is 66.1 Å². The molecule has 1 saturated carbocycles. The van der Waals surface area contributed by atoms with Crippen LogP contribution < -0.4 is 16.0 Å². The molecule has 2 aliphatic rings. The lowest BCUT2D eigenvalue weighted by Gasteiger charge is -2.26. The SMILES string of the molecule is CC.N/C=C\c1ncccc1F.O=C(Nc1cnc(N2CCc3nc[nH]c3C2)cn1)C1CC1. The molecule has 33 heavy (non-hydrogen) atoms. The average molecular weight is 453 g/mol. The van der Waals surface area contributed by atoms with Crippen LogP contribution >= 0.6 is 0 Å². The number of amides is 1. The summed E-state index contributed by atoms with van der Waals surface area (Å²) in [6.07, 6.45) is 12.1. The first-order chi connectivity index (χ1) is 16.1. The number of carbonyl (C=O) groups is 1. The Morgan fingerprint density at radius 2 is 2.06 bits per heavy atom. The minimum Gasteiger partial charge on any atom is -0.405 e. The number of aromatic amines is 1. The molecule has 4 N–H and O–H groups in total. The van der Waals surface area contributed by atoms with Crippen LogP contribution in [0.2, 0.25) is 0 Å². The van der Waals surface area contributed by atoms with Crippen molar-refractivity contribution in [1.29, 1.82) is 0 Å². The molecule has 1 amide bonds. The fourth-order valence-electron chi connectivity index (χ4n) is 3.14. The molecule has 3 aromatic rings. The van der Waals surface area contributed by atoms with Crippen LogP contribution in [0.25, 0.3) is 6.08 Å². The number of fused-ring (bicyclic) bond motifs is 1. The third-order valence-corrected chi connectivity index (χ3v) is 4.98. The highest BCUT2D eigenvalue weighted by Gasteiger charge is 2.29. The van der Waals surface area contributed by atoms with Crippen LogP contribution in [0, 0.1) is 11.7 Å². The Morgan fingerprint density at radius 3 is 2.73 bits per heavy atom. The zero-order chi connectivity index (χ0) is 23.6. The average Bonchev–Trinajstić information content (AvgIpc) is 3.60. The number of aromatic nitrogens is 5. The first kappa shape index (κ1) is 23.8. The second-order valence-electron chi connectivity index (χ2n) is 7.25. The number of carbonyl (C=O) groups excluding carboxylic acids is 1. The van der Waals surface area contributed by atoms with E-state index in [1.165, 1.54) is 30.6 Å². The molecule has 10 heteroatoms. The van der Waals surface area contributed by atoms with Crippen molar-refractivity contribution in [3.8, 4) is 0 Å². The molecule has 0 aromatic carbocycles. The second kappa shape index (κ2) is 11.7. The van der Waals surface area contributed by atoms with Gasteiger partial charge in [-0.1, -0.05) is 13.8 Å². The summed E-state index contributed by atoms with van der Waals surface area (Å²) in [4.78, 5) is 33.7. The molecule has 0 bridgehead atoms. The molecule has 0 saturated heterocycles. The number of nitrogens with two attached hydrogens (primary N) is 1. The molecule has 3 aromatic heterocycles. The van der Waals surface area contributed by atoms with E-state index < -0.39 is 0 Å². The first-order valence-electron chi connectivity index (χ1n) is 11.0. The van der Waals surface area contributed by atoms with Gasteiger partial charge in [0.1, 0.15) is 17.3 Å². The summed E-state index contributed by atoms with van der Waals surface area (Å²) in [5.74, 6) is 1.21. The van der Waals surface area contributed by atoms with Gasteiger partial charge in [-0.2, -0.15) is 0 Å². The lowest BCUT2D eigenvalue weighted by molar-refractivity contribution is -0.117. The quantitative estimate of drug-likeness (QED) is 0.554. The van der Waals surface area contributed by atoms with Gasteiger partial charge in [0, 0.05) is 25.1 Å². The molecule has 0 atom stereocenters. The standard InChI is InChI=1S/C14H16N6O.C7H7FN2.C2H6/c21-14(9-1-2-9)19-12-5-16-13(6-15-12)20-4-3-10-11(7-20)18-8-17-10;8-6-2-1-5-10-7(6)3-4-9;1-2/h5-6,8-9H,1-4,7H2,(H,17,18)(H,15,19,21);1-5H,9H2;1-2H3/b;4-3-;. The third-order valence-electron chi connectivity index (χ3n) is 4.98. The van der Waals surface area contributed by atoms with Crippen LogP contribution in [0.3, 0.4) is 0 Å². The summed E-state index contributed by atoms with van der Waals surface area (Å²) < 4.78 is 12.6. The predicted molar refractivity (Wildman–Crippen MR) is 125 cm³/mol. The summed E-state index contributed by atoms with van der Waals surface area (Å²) in [7, 11) is 0. The van der Waals surface area contributed by atoms with Crippen molar-refractivity contribution < 1.29 is 9.18 Å². The van der Waals surface area contributed by atoms with Crippen molar-refractivity contribution in [2.75, 3.05) is 16.8 Å². The van der Waals surface area contributed by atoms with Gasteiger partial charge < -0.3 is 20.9 Å². The summed E-state index contributed by atoms with van der Waals surface area (Å²) in [6, 6.07) is 2.87. The van der Waals surface area contributed by atoms with E-state index in [-0.39, 0.29) is 23.3 Å². The Hall–Kier alpha value is -3.82. The summed E-state index contributed by atoms with van der Waals surface area (Å²) in [5, 5.41) is 2.80. The number of pyridine rings is 1. The van der Waals surface area contributed by atoms with E-state index in [1.54, 1.807) is 18.7 Å². The number of hydrogen-bond acceptors (Lipinski definition) is 7. The van der Waals surface area contributed by atoms with Crippen molar-refractivity contribution in [1.82, 2.24) is 24.9 Å². The van der Waals surface area contributed by atoms with E-state index in [2.05, 4.69) is 35.1 Å². The van der Waals surface area contributed by atoms with Crippen molar-refractivity contribution in [3.63, 3.8) is 0 Å². The Labute approximate surface area is 192 Å². The minimum atomic E-state index is -0.357. The van der Waals surface area contributed by atoms with E-state index >= 15 is 0 Å². The van der Waals surface area contributed by atoms with Crippen LogP contribution in [0.1, 0.15) is 43.8 Å². The Balaban J connectivity index is 0.000000216. The van der Waals surface area contributed by atoms with Crippen LogP contribution in [0.5, 0.6) is 0 Å². The summed E-state index contributed by atoms with van der Waals surface area (Å²) in [5.41, 5.74) is 7.58. The van der Waals surface area contributed by atoms with Gasteiger partial charge in [0.05, 0.1) is 36.7 Å². The fraction of sp³-hybridized carbons (Fsp3) is 0.348.